The zero-order valence-electron chi connectivity index (χ0n) is 12.8. The van der Waals surface area contributed by atoms with Gasteiger partial charge in [0.25, 0.3) is 5.91 Å². The number of benzene rings is 1. The summed E-state index contributed by atoms with van der Waals surface area (Å²) in [5.74, 6) is -1.97. The van der Waals surface area contributed by atoms with Crippen LogP contribution in [0.3, 0.4) is 0 Å². The Kier molecular flexibility index (Phi) is 4.64. The minimum atomic E-state index is -1.14. The van der Waals surface area contributed by atoms with Crippen LogP contribution in [0.5, 0.6) is 0 Å². The predicted molar refractivity (Wildman–Crippen MR) is 93.6 cm³/mol. The molecule has 7 nitrogen and oxygen atoms in total. The second-order valence-corrected chi connectivity index (χ2v) is 6.86. The summed E-state index contributed by atoms with van der Waals surface area (Å²) >= 11 is 6.04. The van der Waals surface area contributed by atoms with E-state index < -0.39 is 18.4 Å². The van der Waals surface area contributed by atoms with Gasteiger partial charge in [0.15, 0.2) is 0 Å². The topological polar surface area (TPSA) is 88.3 Å². The fraction of sp³-hybridized carbons (Fsp3) is 0.133. The second kappa shape index (κ2) is 6.73. The molecule has 1 saturated heterocycles. The van der Waals surface area contributed by atoms with Crippen LogP contribution in [0, 0.1) is 12.7 Å². The lowest BCUT2D eigenvalue weighted by molar-refractivity contribution is -0.140. The number of rotatable bonds is 4. The third kappa shape index (κ3) is 3.59. The van der Waals surface area contributed by atoms with Crippen molar-refractivity contribution in [1.82, 2.24) is 19.9 Å². The lowest BCUT2D eigenvalue weighted by Crippen LogP contribution is -2.33. The van der Waals surface area contributed by atoms with E-state index in [9.17, 15) is 14.0 Å². The molecule has 3 rings (SSSR count). The van der Waals surface area contributed by atoms with Crippen LogP contribution in [0.15, 0.2) is 29.3 Å². The van der Waals surface area contributed by atoms with Gasteiger partial charge in [0.2, 0.25) is 0 Å². The molecular formula is C15H11FN4O3S2. The zero-order valence-corrected chi connectivity index (χ0v) is 14.5. The number of carboxylic acid groups (broad SMARTS) is 1. The maximum atomic E-state index is 13.2. The van der Waals surface area contributed by atoms with E-state index in [1.54, 1.807) is 19.2 Å². The van der Waals surface area contributed by atoms with Crippen LogP contribution in [0.4, 0.5) is 4.39 Å². The Hall–Kier alpha value is -2.59. The highest BCUT2D eigenvalue weighted by molar-refractivity contribution is 8.26. The summed E-state index contributed by atoms with van der Waals surface area (Å²) in [6, 6.07) is 4.28. The van der Waals surface area contributed by atoms with Crippen molar-refractivity contribution < 1.29 is 19.1 Å². The largest absolute Gasteiger partial charge is 0.480 e. The number of aliphatic carboxylic acids is 1. The SMILES string of the molecule is Cc1cc(F)ccc1-n1cc(/C=C2\SC(=S)N(CC(=O)O)C2=O)nn1. The van der Waals surface area contributed by atoms with E-state index in [2.05, 4.69) is 10.3 Å². The monoisotopic (exact) mass is 378 g/mol. The van der Waals surface area contributed by atoms with Crippen LogP contribution in [-0.2, 0) is 9.59 Å². The van der Waals surface area contributed by atoms with E-state index in [1.807, 2.05) is 0 Å². The zero-order chi connectivity index (χ0) is 18.1. The van der Waals surface area contributed by atoms with Crippen LogP contribution < -0.4 is 0 Å². The molecule has 128 valence electrons. The van der Waals surface area contributed by atoms with Crippen molar-refractivity contribution in [3.05, 3.63) is 46.4 Å². The van der Waals surface area contributed by atoms with Crippen LogP contribution in [0.2, 0.25) is 0 Å². The minimum Gasteiger partial charge on any atom is -0.480 e. The Morgan fingerprint density at radius 1 is 1.48 bits per heavy atom. The van der Waals surface area contributed by atoms with E-state index in [-0.39, 0.29) is 15.0 Å². The molecule has 0 aliphatic carbocycles. The number of carboxylic acids is 1. The predicted octanol–water partition coefficient (Wildman–Crippen LogP) is 2.00. The maximum Gasteiger partial charge on any atom is 0.323 e. The Balaban J connectivity index is 1.86. The number of amides is 1. The molecule has 1 aromatic carbocycles. The number of aromatic nitrogens is 3. The van der Waals surface area contributed by atoms with E-state index in [0.717, 1.165) is 16.7 Å². The molecule has 1 aliphatic heterocycles. The van der Waals surface area contributed by atoms with Crippen molar-refractivity contribution in [2.24, 2.45) is 0 Å². The highest BCUT2D eigenvalue weighted by Gasteiger charge is 2.33. The molecule has 0 spiro atoms. The Morgan fingerprint density at radius 2 is 2.24 bits per heavy atom. The van der Waals surface area contributed by atoms with Crippen molar-refractivity contribution in [1.29, 1.82) is 0 Å². The number of carbonyl (C=O) groups excluding carboxylic acids is 1. The highest BCUT2D eigenvalue weighted by atomic mass is 32.2. The molecule has 1 amide bonds. The van der Waals surface area contributed by atoms with E-state index in [0.29, 0.717) is 16.9 Å². The third-order valence-corrected chi connectivity index (χ3v) is 4.74. The summed E-state index contributed by atoms with van der Waals surface area (Å²) in [5.41, 5.74) is 1.75. The summed E-state index contributed by atoms with van der Waals surface area (Å²) in [6.45, 7) is 1.26. The van der Waals surface area contributed by atoms with E-state index in [4.69, 9.17) is 17.3 Å². The summed E-state index contributed by atoms with van der Waals surface area (Å²) in [5, 5.41) is 16.8. The summed E-state index contributed by atoms with van der Waals surface area (Å²) < 4.78 is 14.8. The van der Waals surface area contributed by atoms with Gasteiger partial charge in [-0.15, -0.1) is 5.10 Å². The lowest BCUT2D eigenvalue weighted by Gasteiger charge is -2.09. The van der Waals surface area contributed by atoms with Gasteiger partial charge in [0, 0.05) is 0 Å². The van der Waals surface area contributed by atoms with Gasteiger partial charge < -0.3 is 5.11 Å². The van der Waals surface area contributed by atoms with Crippen molar-refractivity contribution >= 4 is 46.3 Å². The quantitative estimate of drug-likeness (QED) is 0.643. The number of thiocarbonyl (C=S) groups is 1. The van der Waals surface area contributed by atoms with Gasteiger partial charge in [-0.1, -0.05) is 29.2 Å². The molecule has 1 N–H and O–H groups in total. The number of hydrogen-bond acceptors (Lipinski definition) is 6. The molecule has 0 bridgehead atoms. The van der Waals surface area contributed by atoms with Gasteiger partial charge in [-0.25, -0.2) is 9.07 Å². The van der Waals surface area contributed by atoms with Crippen molar-refractivity contribution in [2.45, 2.75) is 6.92 Å². The molecule has 1 fully saturated rings. The third-order valence-electron chi connectivity index (χ3n) is 3.36. The van der Waals surface area contributed by atoms with E-state index in [1.165, 1.54) is 22.9 Å². The Labute approximate surface area is 151 Å². The fourth-order valence-electron chi connectivity index (χ4n) is 2.24. The molecule has 0 unspecified atom stereocenters. The first kappa shape index (κ1) is 17.2. The first-order chi connectivity index (χ1) is 11.8. The molecule has 0 radical (unpaired) electrons. The molecule has 1 aliphatic rings. The fourth-order valence-corrected chi connectivity index (χ4v) is 3.48. The molecule has 2 aromatic rings. The average molecular weight is 378 g/mol. The molecule has 0 saturated carbocycles. The van der Waals surface area contributed by atoms with Gasteiger partial charge in [-0.3, -0.25) is 14.5 Å². The molecule has 1 aromatic heterocycles. The van der Waals surface area contributed by atoms with Crippen molar-refractivity contribution in [3.63, 3.8) is 0 Å². The van der Waals surface area contributed by atoms with E-state index >= 15 is 0 Å². The number of aryl methyl sites for hydroxylation is 1. The lowest BCUT2D eigenvalue weighted by atomic mass is 10.2. The van der Waals surface area contributed by atoms with Gasteiger partial charge in [0.05, 0.1) is 16.8 Å². The summed E-state index contributed by atoms with van der Waals surface area (Å²) in [7, 11) is 0. The molecule has 25 heavy (non-hydrogen) atoms. The van der Waals surface area contributed by atoms with Crippen LogP contribution in [0.1, 0.15) is 11.3 Å². The number of hydrogen-bond donors (Lipinski definition) is 1. The Bertz CT molecular complexity index is 925. The normalized spacial score (nSPS) is 16.1. The van der Waals surface area contributed by atoms with Crippen LogP contribution in [-0.4, -0.2) is 47.7 Å². The maximum absolute atomic E-state index is 13.2. The number of nitrogens with zero attached hydrogens (tertiary/aromatic N) is 4. The minimum absolute atomic E-state index is 0.181. The molecular weight excluding hydrogens is 367 g/mol. The van der Waals surface area contributed by atoms with Gasteiger partial charge in [0.1, 0.15) is 22.4 Å². The standard InChI is InChI=1S/C15H11FN4O3S2/c1-8-4-9(16)2-3-11(8)20-6-10(17-18-20)5-12-14(23)19(7-13(21)22)15(24)25-12/h2-6H,7H2,1H3,(H,21,22)/b12-5-. The number of carbonyl (C=O) groups is 2. The van der Waals surface area contributed by atoms with Crippen molar-refractivity contribution in [3.8, 4) is 5.69 Å². The average Bonchev–Trinajstić information content (AvgIpc) is 3.08. The first-order valence-electron chi connectivity index (χ1n) is 7.01. The van der Waals surface area contributed by atoms with Crippen molar-refractivity contribution in [2.75, 3.05) is 6.54 Å². The van der Waals surface area contributed by atoms with Crippen LogP contribution in [0.25, 0.3) is 11.8 Å². The number of thioether (sulfide) groups is 1. The highest BCUT2D eigenvalue weighted by Crippen LogP contribution is 2.32. The smallest absolute Gasteiger partial charge is 0.323 e. The van der Waals surface area contributed by atoms with Gasteiger partial charge >= 0.3 is 5.97 Å². The van der Waals surface area contributed by atoms with Gasteiger partial charge in [-0.05, 0) is 36.8 Å². The molecule has 0 atom stereocenters. The van der Waals surface area contributed by atoms with Gasteiger partial charge in [-0.2, -0.15) is 0 Å². The molecule has 10 heteroatoms. The summed E-state index contributed by atoms with van der Waals surface area (Å²) in [6.07, 6.45) is 3.08. The second-order valence-electron chi connectivity index (χ2n) is 5.18. The first-order valence-corrected chi connectivity index (χ1v) is 8.23. The Morgan fingerprint density at radius 3 is 2.92 bits per heavy atom. The number of halogens is 1. The molecule has 2 heterocycles. The van der Waals surface area contributed by atoms with Crippen LogP contribution >= 0.6 is 24.0 Å². The summed E-state index contributed by atoms with van der Waals surface area (Å²) in [4.78, 5) is 24.3.